The van der Waals surface area contributed by atoms with Gasteiger partial charge < -0.3 is 5.32 Å². The molecular formula is C20H17BrN6O. The van der Waals surface area contributed by atoms with Gasteiger partial charge in [-0.25, -0.2) is 14.3 Å². The number of carbonyl (C=O) groups excluding carboxylic acids is 1. The minimum absolute atomic E-state index is 0.116. The Hall–Kier alpha value is -3.26. The van der Waals surface area contributed by atoms with Gasteiger partial charge in [-0.3, -0.25) is 4.79 Å². The maximum absolute atomic E-state index is 12.4. The largest absolute Gasteiger partial charge is 0.348 e. The lowest BCUT2D eigenvalue weighted by atomic mass is 10.1. The van der Waals surface area contributed by atoms with Crippen molar-refractivity contribution in [3.05, 3.63) is 94.7 Å². The first-order valence-electron chi connectivity index (χ1n) is 8.66. The molecule has 0 radical (unpaired) electrons. The first-order valence-corrected chi connectivity index (χ1v) is 9.46. The van der Waals surface area contributed by atoms with Crippen molar-refractivity contribution in [2.45, 2.75) is 13.1 Å². The molecule has 4 aromatic rings. The predicted octanol–water partition coefficient (Wildman–Crippen LogP) is 3.20. The minimum atomic E-state index is -0.116. The highest BCUT2D eigenvalue weighted by Crippen LogP contribution is 2.13. The van der Waals surface area contributed by atoms with Crippen LogP contribution in [0.15, 0.2) is 78.1 Å². The Kier molecular flexibility index (Phi) is 5.29. The topological polar surface area (TPSA) is 77.6 Å². The van der Waals surface area contributed by atoms with Crippen LogP contribution in [0.2, 0.25) is 0 Å². The molecule has 0 saturated heterocycles. The number of carbonyl (C=O) groups is 1. The first-order chi connectivity index (χ1) is 13.7. The van der Waals surface area contributed by atoms with Gasteiger partial charge in [-0.1, -0.05) is 24.3 Å². The molecule has 7 nitrogen and oxygen atoms in total. The number of nitrogens with zero attached hydrogens (tertiary/aromatic N) is 5. The molecule has 2 aromatic heterocycles. The first kappa shape index (κ1) is 18.1. The lowest BCUT2D eigenvalue weighted by molar-refractivity contribution is 0.0951. The van der Waals surface area contributed by atoms with Gasteiger partial charge in [-0.05, 0) is 51.3 Å². The Morgan fingerprint density at radius 3 is 2.61 bits per heavy atom. The molecule has 0 bridgehead atoms. The number of benzene rings is 2. The lowest BCUT2D eigenvalue weighted by Crippen LogP contribution is -2.22. The molecule has 0 fully saturated rings. The molecule has 1 amide bonds. The van der Waals surface area contributed by atoms with E-state index in [-0.39, 0.29) is 5.91 Å². The third-order valence-corrected chi connectivity index (χ3v) is 4.61. The minimum Gasteiger partial charge on any atom is -0.348 e. The molecular weight excluding hydrogens is 420 g/mol. The average Bonchev–Trinajstić information content (AvgIpc) is 3.38. The zero-order valence-electron chi connectivity index (χ0n) is 14.9. The van der Waals surface area contributed by atoms with E-state index in [4.69, 9.17) is 0 Å². The van der Waals surface area contributed by atoms with Gasteiger partial charge >= 0.3 is 0 Å². The summed E-state index contributed by atoms with van der Waals surface area (Å²) >= 11 is 3.38. The van der Waals surface area contributed by atoms with Crippen LogP contribution in [0, 0.1) is 0 Å². The van der Waals surface area contributed by atoms with Gasteiger partial charge in [-0.15, -0.1) is 0 Å². The standard InChI is InChI=1S/C20H17BrN6O/c21-18-10-24-27(12-18)19-6-4-17(5-7-19)20(28)23-9-15-2-1-3-16(8-15)11-26-14-22-13-25-26/h1-8,10,12-14H,9,11H2,(H,23,28). The summed E-state index contributed by atoms with van der Waals surface area (Å²) in [5.74, 6) is -0.116. The number of hydrogen-bond acceptors (Lipinski definition) is 4. The van der Waals surface area contributed by atoms with E-state index in [0.717, 1.165) is 21.3 Å². The van der Waals surface area contributed by atoms with E-state index in [1.807, 2.05) is 36.5 Å². The van der Waals surface area contributed by atoms with Crippen LogP contribution >= 0.6 is 15.9 Å². The second kappa shape index (κ2) is 8.18. The lowest BCUT2D eigenvalue weighted by Gasteiger charge is -2.08. The monoisotopic (exact) mass is 436 g/mol. The summed E-state index contributed by atoms with van der Waals surface area (Å²) in [5, 5.41) is 11.3. The summed E-state index contributed by atoms with van der Waals surface area (Å²) < 4.78 is 4.41. The average molecular weight is 437 g/mol. The van der Waals surface area contributed by atoms with Gasteiger partial charge in [-0.2, -0.15) is 10.2 Å². The smallest absolute Gasteiger partial charge is 0.251 e. The van der Waals surface area contributed by atoms with Crippen LogP contribution in [0.25, 0.3) is 5.69 Å². The van der Waals surface area contributed by atoms with Gasteiger partial charge in [0.1, 0.15) is 12.7 Å². The zero-order chi connectivity index (χ0) is 19.3. The molecule has 2 aromatic carbocycles. The van der Waals surface area contributed by atoms with E-state index in [1.54, 1.807) is 34.0 Å². The third kappa shape index (κ3) is 4.34. The van der Waals surface area contributed by atoms with Gasteiger partial charge in [0.15, 0.2) is 0 Å². The molecule has 8 heteroatoms. The van der Waals surface area contributed by atoms with Crippen LogP contribution in [-0.4, -0.2) is 30.5 Å². The number of aromatic nitrogens is 5. The molecule has 0 aliphatic rings. The Balaban J connectivity index is 1.37. The van der Waals surface area contributed by atoms with E-state index in [0.29, 0.717) is 18.7 Å². The maximum Gasteiger partial charge on any atom is 0.251 e. The molecule has 0 unspecified atom stereocenters. The number of amides is 1. The zero-order valence-corrected chi connectivity index (χ0v) is 16.5. The Labute approximate surface area is 170 Å². The van der Waals surface area contributed by atoms with Crippen LogP contribution in [0.3, 0.4) is 0 Å². The summed E-state index contributed by atoms with van der Waals surface area (Å²) in [5.41, 5.74) is 3.63. The van der Waals surface area contributed by atoms with E-state index < -0.39 is 0 Å². The molecule has 0 aliphatic heterocycles. The molecule has 0 spiro atoms. The highest BCUT2D eigenvalue weighted by Gasteiger charge is 2.07. The van der Waals surface area contributed by atoms with Crippen molar-refractivity contribution in [3.8, 4) is 5.69 Å². The maximum atomic E-state index is 12.4. The quantitative estimate of drug-likeness (QED) is 0.503. The van der Waals surface area contributed by atoms with E-state index >= 15 is 0 Å². The summed E-state index contributed by atoms with van der Waals surface area (Å²) in [6, 6.07) is 15.4. The summed E-state index contributed by atoms with van der Waals surface area (Å²) in [6.45, 7) is 1.10. The number of halogens is 1. The van der Waals surface area contributed by atoms with Gasteiger partial charge in [0, 0.05) is 18.3 Å². The van der Waals surface area contributed by atoms with Crippen LogP contribution in [-0.2, 0) is 13.1 Å². The van der Waals surface area contributed by atoms with Gasteiger partial charge in [0.2, 0.25) is 0 Å². The Morgan fingerprint density at radius 2 is 1.89 bits per heavy atom. The summed E-state index contributed by atoms with van der Waals surface area (Å²) in [6.07, 6.45) is 6.78. The molecule has 0 aliphatic carbocycles. The summed E-state index contributed by atoms with van der Waals surface area (Å²) in [7, 11) is 0. The fourth-order valence-electron chi connectivity index (χ4n) is 2.83. The van der Waals surface area contributed by atoms with Crippen LogP contribution < -0.4 is 5.32 Å². The van der Waals surface area contributed by atoms with Crippen molar-refractivity contribution in [3.63, 3.8) is 0 Å². The van der Waals surface area contributed by atoms with Crippen molar-refractivity contribution in [1.82, 2.24) is 29.9 Å². The van der Waals surface area contributed by atoms with Crippen molar-refractivity contribution >= 4 is 21.8 Å². The van der Waals surface area contributed by atoms with Gasteiger partial charge in [0.05, 0.1) is 22.9 Å². The molecule has 4 rings (SSSR count). The Bertz CT molecular complexity index is 1070. The number of hydrogen-bond donors (Lipinski definition) is 1. The molecule has 140 valence electrons. The number of nitrogens with one attached hydrogen (secondary N) is 1. The van der Waals surface area contributed by atoms with Gasteiger partial charge in [0.25, 0.3) is 5.91 Å². The third-order valence-electron chi connectivity index (χ3n) is 4.20. The van der Waals surface area contributed by atoms with Crippen molar-refractivity contribution in [1.29, 1.82) is 0 Å². The molecule has 1 N–H and O–H groups in total. The van der Waals surface area contributed by atoms with Crippen LogP contribution in [0.4, 0.5) is 0 Å². The number of rotatable bonds is 6. The Morgan fingerprint density at radius 1 is 1.07 bits per heavy atom. The summed E-state index contributed by atoms with van der Waals surface area (Å²) in [4.78, 5) is 16.4. The van der Waals surface area contributed by atoms with Crippen molar-refractivity contribution in [2.24, 2.45) is 0 Å². The van der Waals surface area contributed by atoms with E-state index in [1.165, 1.54) is 6.33 Å². The molecule has 0 saturated carbocycles. The fraction of sp³-hybridized carbons (Fsp3) is 0.100. The highest BCUT2D eigenvalue weighted by atomic mass is 79.9. The molecule has 2 heterocycles. The highest BCUT2D eigenvalue weighted by molar-refractivity contribution is 9.10. The van der Waals surface area contributed by atoms with E-state index in [2.05, 4.69) is 42.5 Å². The van der Waals surface area contributed by atoms with Crippen molar-refractivity contribution in [2.75, 3.05) is 0 Å². The normalized spacial score (nSPS) is 10.8. The SMILES string of the molecule is O=C(NCc1cccc(Cn2cncn2)c1)c1ccc(-n2cc(Br)cn2)cc1. The molecule has 28 heavy (non-hydrogen) atoms. The second-order valence-electron chi connectivity index (χ2n) is 6.25. The van der Waals surface area contributed by atoms with Crippen molar-refractivity contribution < 1.29 is 4.79 Å². The van der Waals surface area contributed by atoms with Crippen LogP contribution in [0.1, 0.15) is 21.5 Å². The van der Waals surface area contributed by atoms with Crippen LogP contribution in [0.5, 0.6) is 0 Å². The predicted molar refractivity (Wildman–Crippen MR) is 108 cm³/mol. The van der Waals surface area contributed by atoms with E-state index in [9.17, 15) is 4.79 Å². The molecule has 0 atom stereocenters. The second-order valence-corrected chi connectivity index (χ2v) is 7.16. The fourth-order valence-corrected chi connectivity index (χ4v) is 3.12.